The van der Waals surface area contributed by atoms with Crippen LogP contribution in [0.2, 0.25) is 0 Å². The molecule has 7 nitrogen and oxygen atoms in total. The maximum absolute atomic E-state index is 12.4. The van der Waals surface area contributed by atoms with Gasteiger partial charge in [0.05, 0.1) is 5.69 Å². The number of aromatic nitrogens is 4. The highest BCUT2D eigenvalue weighted by Gasteiger charge is 2.15. The van der Waals surface area contributed by atoms with E-state index in [2.05, 4.69) is 20.6 Å². The molecule has 2 aromatic carbocycles. The second kappa shape index (κ2) is 7.40. The molecule has 0 unspecified atom stereocenters. The molecule has 1 amide bonds. The molecule has 0 saturated heterocycles. The highest BCUT2D eigenvalue weighted by molar-refractivity contribution is 7.19. The summed E-state index contributed by atoms with van der Waals surface area (Å²) < 4.78 is 7.32. The molecule has 0 saturated carbocycles. The SMILES string of the molecule is Cc1ccc(OCC(=O)Nc2ccccc2-c2nn3c(C)nnc3s2)cc1C. The van der Waals surface area contributed by atoms with Crippen molar-refractivity contribution in [3.8, 4) is 16.3 Å². The van der Waals surface area contributed by atoms with Gasteiger partial charge in [-0.15, -0.1) is 10.2 Å². The minimum atomic E-state index is -0.232. The van der Waals surface area contributed by atoms with Gasteiger partial charge in [0.1, 0.15) is 10.8 Å². The maximum atomic E-state index is 12.4. The number of aryl methyl sites for hydroxylation is 3. The Morgan fingerprint density at radius 2 is 1.93 bits per heavy atom. The molecule has 0 aliphatic carbocycles. The van der Waals surface area contributed by atoms with Crippen molar-refractivity contribution < 1.29 is 9.53 Å². The molecule has 0 aliphatic heterocycles. The van der Waals surface area contributed by atoms with Crippen LogP contribution in [0.15, 0.2) is 42.5 Å². The molecule has 0 atom stereocenters. The molecule has 4 aromatic rings. The third-order valence-electron chi connectivity index (χ3n) is 4.43. The van der Waals surface area contributed by atoms with E-state index in [1.807, 2.05) is 63.2 Å². The van der Waals surface area contributed by atoms with Crippen LogP contribution in [0.4, 0.5) is 5.69 Å². The molecule has 0 aliphatic rings. The van der Waals surface area contributed by atoms with Crippen molar-refractivity contribution in [1.82, 2.24) is 19.8 Å². The molecule has 142 valence electrons. The van der Waals surface area contributed by atoms with E-state index in [0.717, 1.165) is 22.0 Å². The van der Waals surface area contributed by atoms with Gasteiger partial charge in [-0.05, 0) is 56.2 Å². The lowest BCUT2D eigenvalue weighted by atomic mass is 10.1. The summed E-state index contributed by atoms with van der Waals surface area (Å²) in [6.45, 7) is 5.83. The van der Waals surface area contributed by atoms with Gasteiger partial charge in [0.15, 0.2) is 12.4 Å². The number of para-hydroxylation sites is 1. The number of ether oxygens (including phenoxy) is 1. The largest absolute Gasteiger partial charge is 0.484 e. The number of amides is 1. The van der Waals surface area contributed by atoms with Gasteiger partial charge in [-0.25, -0.2) is 0 Å². The standard InChI is InChI=1S/C20H19N5O2S/c1-12-8-9-15(10-13(12)2)27-11-18(26)21-17-7-5-4-6-16(17)19-24-25-14(3)22-23-20(25)28-19/h4-10H,11H2,1-3H3,(H,21,26). The van der Waals surface area contributed by atoms with Gasteiger partial charge < -0.3 is 10.1 Å². The van der Waals surface area contributed by atoms with Crippen LogP contribution in [0.3, 0.4) is 0 Å². The lowest BCUT2D eigenvalue weighted by molar-refractivity contribution is -0.118. The van der Waals surface area contributed by atoms with E-state index in [1.54, 1.807) is 4.52 Å². The molecule has 0 radical (unpaired) electrons. The van der Waals surface area contributed by atoms with E-state index < -0.39 is 0 Å². The highest BCUT2D eigenvalue weighted by atomic mass is 32.1. The van der Waals surface area contributed by atoms with Crippen molar-refractivity contribution >= 4 is 27.9 Å². The van der Waals surface area contributed by atoms with Crippen molar-refractivity contribution in [2.75, 3.05) is 11.9 Å². The van der Waals surface area contributed by atoms with Crippen LogP contribution < -0.4 is 10.1 Å². The molecule has 2 heterocycles. The van der Waals surface area contributed by atoms with Crippen LogP contribution in [-0.4, -0.2) is 32.3 Å². The monoisotopic (exact) mass is 393 g/mol. The van der Waals surface area contributed by atoms with Crippen LogP contribution in [0.5, 0.6) is 5.75 Å². The lowest BCUT2D eigenvalue weighted by Gasteiger charge is -2.11. The second-order valence-electron chi connectivity index (χ2n) is 6.48. The summed E-state index contributed by atoms with van der Waals surface area (Å²) in [7, 11) is 0. The van der Waals surface area contributed by atoms with E-state index in [4.69, 9.17) is 4.74 Å². The first-order valence-corrected chi connectivity index (χ1v) is 9.61. The number of nitrogens with one attached hydrogen (secondary N) is 1. The number of fused-ring (bicyclic) bond motifs is 1. The molecule has 2 aromatic heterocycles. The molecule has 1 N–H and O–H groups in total. The summed E-state index contributed by atoms with van der Waals surface area (Å²) in [5.41, 5.74) is 3.82. The first-order chi connectivity index (χ1) is 13.5. The number of hydrogen-bond donors (Lipinski definition) is 1. The Hall–Kier alpha value is -3.26. The average Bonchev–Trinajstić information content (AvgIpc) is 3.25. The Labute approximate surface area is 166 Å². The first-order valence-electron chi connectivity index (χ1n) is 8.79. The lowest BCUT2D eigenvalue weighted by Crippen LogP contribution is -2.20. The molecule has 0 spiro atoms. The van der Waals surface area contributed by atoms with Crippen LogP contribution in [0, 0.1) is 20.8 Å². The molecular formula is C20H19N5O2S. The van der Waals surface area contributed by atoms with E-state index in [9.17, 15) is 4.79 Å². The van der Waals surface area contributed by atoms with Crippen LogP contribution in [0.1, 0.15) is 17.0 Å². The topological polar surface area (TPSA) is 81.4 Å². The van der Waals surface area contributed by atoms with E-state index in [1.165, 1.54) is 16.9 Å². The minimum absolute atomic E-state index is 0.0684. The summed E-state index contributed by atoms with van der Waals surface area (Å²) in [5.74, 6) is 1.17. The number of anilines is 1. The Morgan fingerprint density at radius 3 is 2.71 bits per heavy atom. The van der Waals surface area contributed by atoms with E-state index >= 15 is 0 Å². The summed E-state index contributed by atoms with van der Waals surface area (Å²) in [4.78, 5) is 13.1. The number of carbonyl (C=O) groups excluding carboxylic acids is 1. The molecule has 0 bridgehead atoms. The Kier molecular flexibility index (Phi) is 4.79. The van der Waals surface area contributed by atoms with Gasteiger partial charge >= 0.3 is 0 Å². The van der Waals surface area contributed by atoms with Gasteiger partial charge in [0, 0.05) is 5.56 Å². The van der Waals surface area contributed by atoms with Gasteiger partial charge in [-0.2, -0.15) is 9.61 Å². The van der Waals surface area contributed by atoms with Gasteiger partial charge in [-0.1, -0.05) is 29.5 Å². The summed E-state index contributed by atoms with van der Waals surface area (Å²) in [6, 6.07) is 13.3. The van der Waals surface area contributed by atoms with Gasteiger partial charge in [0.2, 0.25) is 4.96 Å². The Bertz CT molecular complexity index is 1160. The smallest absolute Gasteiger partial charge is 0.262 e. The predicted octanol–water partition coefficient (Wildman–Crippen LogP) is 3.80. The summed E-state index contributed by atoms with van der Waals surface area (Å²) in [6.07, 6.45) is 0. The molecule has 0 fully saturated rings. The average molecular weight is 393 g/mol. The van der Waals surface area contributed by atoms with Crippen molar-refractivity contribution in [3.05, 3.63) is 59.4 Å². The Morgan fingerprint density at radius 1 is 1.11 bits per heavy atom. The van der Waals surface area contributed by atoms with E-state index in [-0.39, 0.29) is 12.5 Å². The fraction of sp³-hybridized carbons (Fsp3) is 0.200. The van der Waals surface area contributed by atoms with Crippen molar-refractivity contribution in [1.29, 1.82) is 0 Å². The third-order valence-corrected chi connectivity index (χ3v) is 5.36. The third kappa shape index (κ3) is 3.59. The fourth-order valence-electron chi connectivity index (χ4n) is 2.74. The van der Waals surface area contributed by atoms with Crippen molar-refractivity contribution in [2.45, 2.75) is 20.8 Å². The zero-order valence-electron chi connectivity index (χ0n) is 15.8. The normalized spacial score (nSPS) is 11.0. The van der Waals surface area contributed by atoms with Crippen LogP contribution >= 0.6 is 11.3 Å². The van der Waals surface area contributed by atoms with Gasteiger partial charge in [-0.3, -0.25) is 4.79 Å². The Balaban J connectivity index is 1.50. The summed E-state index contributed by atoms with van der Waals surface area (Å²) in [5, 5.41) is 16.3. The van der Waals surface area contributed by atoms with Gasteiger partial charge in [0.25, 0.3) is 5.91 Å². The maximum Gasteiger partial charge on any atom is 0.262 e. The van der Waals surface area contributed by atoms with E-state index in [0.29, 0.717) is 16.4 Å². The molecule has 4 rings (SSSR count). The molecular weight excluding hydrogens is 374 g/mol. The fourth-order valence-corrected chi connectivity index (χ4v) is 3.67. The zero-order valence-corrected chi connectivity index (χ0v) is 16.6. The zero-order chi connectivity index (χ0) is 19.7. The summed E-state index contributed by atoms with van der Waals surface area (Å²) >= 11 is 1.42. The van der Waals surface area contributed by atoms with Crippen LogP contribution in [-0.2, 0) is 4.79 Å². The molecule has 8 heteroatoms. The number of hydrogen-bond acceptors (Lipinski definition) is 6. The quantitative estimate of drug-likeness (QED) is 0.558. The van der Waals surface area contributed by atoms with Crippen molar-refractivity contribution in [3.63, 3.8) is 0 Å². The highest BCUT2D eigenvalue weighted by Crippen LogP contribution is 2.31. The number of nitrogens with zero attached hydrogens (tertiary/aromatic N) is 4. The first kappa shape index (κ1) is 18.1. The minimum Gasteiger partial charge on any atom is -0.484 e. The number of rotatable bonds is 5. The van der Waals surface area contributed by atoms with Crippen molar-refractivity contribution in [2.24, 2.45) is 0 Å². The van der Waals surface area contributed by atoms with Crippen LogP contribution in [0.25, 0.3) is 15.5 Å². The predicted molar refractivity (Wildman–Crippen MR) is 109 cm³/mol. The number of carbonyl (C=O) groups is 1. The number of benzene rings is 2. The second-order valence-corrected chi connectivity index (χ2v) is 7.43. The molecule has 28 heavy (non-hydrogen) atoms.